The van der Waals surface area contributed by atoms with E-state index in [2.05, 4.69) is 4.98 Å². The van der Waals surface area contributed by atoms with Gasteiger partial charge in [0, 0.05) is 6.54 Å². The van der Waals surface area contributed by atoms with Crippen molar-refractivity contribution in [2.45, 2.75) is 25.8 Å². The molecule has 1 heterocycles. The average Bonchev–Trinajstić information content (AvgIpc) is 2.25. The molecule has 0 saturated carbocycles. The molecule has 96 valence electrons. The molecule has 3 nitrogen and oxygen atoms in total. The molecule has 0 saturated heterocycles. The molecule has 0 radical (unpaired) electrons. The zero-order valence-corrected chi connectivity index (χ0v) is 8.43. The Morgan fingerprint density at radius 2 is 1.94 bits per heavy atom. The summed E-state index contributed by atoms with van der Waals surface area (Å²) in [5.74, 6) is 0. The summed E-state index contributed by atoms with van der Waals surface area (Å²) in [6.07, 6.45) is -8.27. The van der Waals surface area contributed by atoms with Gasteiger partial charge in [-0.2, -0.15) is 13.2 Å². The Balaban J connectivity index is 3.52. The van der Waals surface area contributed by atoms with Gasteiger partial charge in [-0.1, -0.05) is 0 Å². The van der Waals surface area contributed by atoms with Crippen molar-refractivity contribution in [1.29, 1.82) is 0 Å². The fourth-order valence-electron chi connectivity index (χ4n) is 1.38. The van der Waals surface area contributed by atoms with Crippen LogP contribution in [0.5, 0.6) is 0 Å². The molecular weight excluding hydrogens is 247 g/mol. The monoisotopic (exact) mass is 256 g/mol. The molecule has 0 atom stereocenters. The molecule has 0 fully saturated rings. The predicted molar refractivity (Wildman–Crippen MR) is 48.0 cm³/mol. The van der Waals surface area contributed by atoms with Crippen LogP contribution in [-0.4, -0.2) is 10.1 Å². The minimum atomic E-state index is -4.94. The number of pyridine rings is 1. The van der Waals surface area contributed by atoms with Gasteiger partial charge in [-0.25, -0.2) is 8.78 Å². The first-order valence-corrected chi connectivity index (χ1v) is 4.50. The molecule has 17 heavy (non-hydrogen) atoms. The van der Waals surface area contributed by atoms with Crippen molar-refractivity contribution in [3.8, 4) is 0 Å². The van der Waals surface area contributed by atoms with E-state index >= 15 is 0 Å². The summed E-state index contributed by atoms with van der Waals surface area (Å²) in [4.78, 5) is 3.45. The highest BCUT2D eigenvalue weighted by Gasteiger charge is 2.37. The Labute approximate surface area is 93.1 Å². The number of aliphatic hydroxyl groups excluding tert-OH is 1. The maximum absolute atomic E-state index is 12.6. The predicted octanol–water partition coefficient (Wildman–Crippen LogP) is 1.99. The Bertz CT molecular complexity index is 405. The van der Waals surface area contributed by atoms with Crippen molar-refractivity contribution >= 4 is 0 Å². The lowest BCUT2D eigenvalue weighted by Crippen LogP contribution is -2.16. The molecule has 0 aliphatic rings. The van der Waals surface area contributed by atoms with Gasteiger partial charge in [0.05, 0.1) is 29.1 Å². The van der Waals surface area contributed by atoms with Crippen molar-refractivity contribution in [2.75, 3.05) is 0 Å². The third-order valence-corrected chi connectivity index (χ3v) is 2.07. The van der Waals surface area contributed by atoms with Gasteiger partial charge in [0.25, 0.3) is 6.43 Å². The lowest BCUT2D eigenvalue weighted by Gasteiger charge is -2.16. The number of halogens is 5. The van der Waals surface area contributed by atoms with Crippen molar-refractivity contribution in [3.05, 3.63) is 28.6 Å². The maximum atomic E-state index is 12.6. The van der Waals surface area contributed by atoms with Gasteiger partial charge in [0.1, 0.15) is 0 Å². The second-order valence-corrected chi connectivity index (χ2v) is 3.18. The Morgan fingerprint density at radius 3 is 2.29 bits per heavy atom. The number of aromatic nitrogens is 1. The Kier molecular flexibility index (Phi) is 3.99. The third kappa shape index (κ3) is 2.89. The summed E-state index contributed by atoms with van der Waals surface area (Å²) in [7, 11) is 0. The molecule has 1 aromatic heterocycles. The number of hydrogen-bond donors (Lipinski definition) is 2. The largest absolute Gasteiger partial charge is 0.417 e. The molecule has 0 aromatic carbocycles. The van der Waals surface area contributed by atoms with Gasteiger partial charge < -0.3 is 10.8 Å². The van der Waals surface area contributed by atoms with Crippen molar-refractivity contribution in [3.63, 3.8) is 0 Å². The zero-order valence-electron chi connectivity index (χ0n) is 8.43. The summed E-state index contributed by atoms with van der Waals surface area (Å²) in [5, 5.41) is 8.72. The van der Waals surface area contributed by atoms with Crippen molar-refractivity contribution in [1.82, 2.24) is 4.98 Å². The van der Waals surface area contributed by atoms with Crippen LogP contribution in [0, 0.1) is 0 Å². The molecule has 1 aromatic rings. The highest BCUT2D eigenvalue weighted by atomic mass is 19.4. The van der Waals surface area contributed by atoms with E-state index in [1.54, 1.807) is 0 Å². The number of nitrogens with two attached hydrogens (primary N) is 1. The van der Waals surface area contributed by atoms with Gasteiger partial charge in [-0.15, -0.1) is 0 Å². The van der Waals surface area contributed by atoms with Gasteiger partial charge in [-0.3, -0.25) is 4.98 Å². The normalized spacial score (nSPS) is 12.2. The summed E-state index contributed by atoms with van der Waals surface area (Å²) in [5.41, 5.74) is 1.45. The number of nitrogens with zero attached hydrogens (tertiary/aromatic N) is 1. The van der Waals surface area contributed by atoms with E-state index in [0.29, 0.717) is 6.07 Å². The minimum Gasteiger partial charge on any atom is -0.390 e. The first kappa shape index (κ1) is 13.8. The number of alkyl halides is 5. The van der Waals surface area contributed by atoms with E-state index in [4.69, 9.17) is 10.8 Å². The van der Waals surface area contributed by atoms with Crippen LogP contribution in [-0.2, 0) is 19.3 Å². The molecular formula is C9H9F5N2O. The minimum absolute atomic E-state index is 0.345. The second kappa shape index (κ2) is 4.92. The zero-order chi connectivity index (χ0) is 13.2. The smallest absolute Gasteiger partial charge is 0.390 e. The van der Waals surface area contributed by atoms with Crippen LogP contribution < -0.4 is 5.73 Å². The molecule has 1 rings (SSSR count). The highest BCUT2D eigenvalue weighted by molar-refractivity contribution is 5.36. The summed E-state index contributed by atoms with van der Waals surface area (Å²) < 4.78 is 62.8. The summed E-state index contributed by atoms with van der Waals surface area (Å²) in [6, 6.07) is 0.403. The first-order chi connectivity index (χ1) is 7.81. The molecule has 0 aliphatic heterocycles. The molecule has 3 N–H and O–H groups in total. The van der Waals surface area contributed by atoms with Gasteiger partial charge in [-0.05, 0) is 6.07 Å². The van der Waals surface area contributed by atoms with Crippen LogP contribution in [0.3, 0.4) is 0 Å². The van der Waals surface area contributed by atoms with Gasteiger partial charge in [0.2, 0.25) is 0 Å². The number of hydrogen-bond acceptors (Lipinski definition) is 3. The van der Waals surface area contributed by atoms with Crippen molar-refractivity contribution in [2.24, 2.45) is 5.73 Å². The molecule has 0 bridgehead atoms. The lowest BCUT2D eigenvalue weighted by atomic mass is 10.0. The van der Waals surface area contributed by atoms with Crippen molar-refractivity contribution < 1.29 is 27.1 Å². The average molecular weight is 256 g/mol. The topological polar surface area (TPSA) is 59.1 Å². The van der Waals surface area contributed by atoms with Gasteiger partial charge >= 0.3 is 6.18 Å². The van der Waals surface area contributed by atoms with Crippen LogP contribution in [0.25, 0.3) is 0 Å². The summed E-state index contributed by atoms with van der Waals surface area (Å²) in [6.45, 7) is -1.34. The number of aliphatic hydroxyl groups is 1. The second-order valence-electron chi connectivity index (χ2n) is 3.18. The van der Waals surface area contributed by atoms with Crippen LogP contribution in [0.2, 0.25) is 0 Å². The maximum Gasteiger partial charge on any atom is 0.417 e. The molecule has 8 heteroatoms. The van der Waals surface area contributed by atoms with Gasteiger partial charge in [0.15, 0.2) is 0 Å². The van der Waals surface area contributed by atoms with Crippen LogP contribution in [0.1, 0.15) is 28.9 Å². The highest BCUT2D eigenvalue weighted by Crippen LogP contribution is 2.38. The van der Waals surface area contributed by atoms with E-state index in [1.165, 1.54) is 0 Å². The fourth-order valence-corrected chi connectivity index (χ4v) is 1.38. The van der Waals surface area contributed by atoms with E-state index < -0.39 is 42.6 Å². The quantitative estimate of drug-likeness (QED) is 0.813. The fraction of sp³-hybridized carbons (Fsp3) is 0.444. The van der Waals surface area contributed by atoms with E-state index in [9.17, 15) is 22.0 Å². The van der Waals surface area contributed by atoms with Crippen LogP contribution in [0.15, 0.2) is 6.07 Å². The third-order valence-electron chi connectivity index (χ3n) is 2.07. The summed E-state index contributed by atoms with van der Waals surface area (Å²) >= 11 is 0. The SMILES string of the molecule is NCc1nc(CO)cc(C(F)(F)F)c1C(F)F. The molecule has 0 unspecified atom stereocenters. The molecule has 0 amide bonds. The van der Waals surface area contributed by atoms with E-state index in [1.807, 2.05) is 0 Å². The van der Waals surface area contributed by atoms with Crippen LogP contribution in [0.4, 0.5) is 22.0 Å². The molecule has 0 spiro atoms. The number of rotatable bonds is 3. The first-order valence-electron chi connectivity index (χ1n) is 4.50. The van der Waals surface area contributed by atoms with Crippen LogP contribution >= 0.6 is 0 Å². The van der Waals surface area contributed by atoms with E-state index in [0.717, 1.165) is 0 Å². The Hall–Kier alpha value is -1.28. The van der Waals surface area contributed by atoms with E-state index in [-0.39, 0.29) is 5.69 Å². The molecule has 0 aliphatic carbocycles. The standard InChI is InChI=1S/C9H9F5N2O/c10-8(11)7-5(9(12,13)14)1-4(3-17)16-6(7)2-15/h1,8,17H,2-3,15H2. The lowest BCUT2D eigenvalue weighted by molar-refractivity contribution is -0.139. The Morgan fingerprint density at radius 1 is 1.35 bits per heavy atom.